The van der Waals surface area contributed by atoms with Gasteiger partial charge < -0.3 is 9.13 Å². The van der Waals surface area contributed by atoms with Crippen LogP contribution in [-0.4, -0.2) is 9.13 Å². The third kappa shape index (κ3) is 5.16. The number of terminal acetylenes is 1. The average molecular weight is 651 g/mol. The molecule has 0 saturated carbocycles. The topological polar surface area (TPSA) is 9.86 Å². The maximum Gasteiger partial charge on any atom is 0.0788 e. The zero-order valence-electron chi connectivity index (χ0n) is 28.3. The minimum absolute atomic E-state index is 1.07. The van der Waals surface area contributed by atoms with E-state index in [0.29, 0.717) is 0 Å². The first-order valence-electron chi connectivity index (χ1n) is 17.3. The number of nitrogens with zero attached hydrogens (tertiary/aromatic N) is 2. The lowest BCUT2D eigenvalue weighted by Crippen LogP contribution is -2.00. The van der Waals surface area contributed by atoms with Gasteiger partial charge in [-0.3, -0.25) is 0 Å². The number of aryl methyl sites for hydroxylation is 1. The highest BCUT2D eigenvalue weighted by atomic mass is 15.0. The van der Waals surface area contributed by atoms with Gasteiger partial charge in [0.15, 0.2) is 0 Å². The summed E-state index contributed by atoms with van der Waals surface area (Å²) in [5.74, 6) is 2.73. The summed E-state index contributed by atoms with van der Waals surface area (Å²) in [7, 11) is 0. The summed E-state index contributed by atoms with van der Waals surface area (Å²) in [5.41, 5.74) is 15.1. The lowest BCUT2D eigenvalue weighted by atomic mass is 9.93. The molecule has 2 aromatic heterocycles. The molecule has 0 aliphatic heterocycles. The van der Waals surface area contributed by atoms with E-state index >= 15 is 0 Å². The monoisotopic (exact) mass is 650 g/mol. The van der Waals surface area contributed by atoms with Crippen molar-refractivity contribution < 1.29 is 0 Å². The molecule has 9 aromatic rings. The fourth-order valence-corrected chi connectivity index (χ4v) is 7.63. The van der Waals surface area contributed by atoms with Crippen LogP contribution < -0.4 is 0 Å². The second-order valence-corrected chi connectivity index (χ2v) is 13.0. The molecule has 0 aliphatic rings. The first-order chi connectivity index (χ1) is 25.2. The van der Waals surface area contributed by atoms with Crippen molar-refractivity contribution in [2.45, 2.75) is 6.92 Å². The highest BCUT2D eigenvalue weighted by Gasteiger charge is 2.22. The molecule has 2 heterocycles. The Balaban J connectivity index is 1.28. The Morgan fingerprint density at radius 3 is 1.55 bits per heavy atom. The van der Waals surface area contributed by atoms with Crippen LogP contribution in [0.3, 0.4) is 0 Å². The first kappa shape index (κ1) is 30.3. The van der Waals surface area contributed by atoms with E-state index in [-0.39, 0.29) is 0 Å². The van der Waals surface area contributed by atoms with Crippen molar-refractivity contribution in [3.8, 4) is 57.1 Å². The van der Waals surface area contributed by atoms with Crippen LogP contribution in [0.25, 0.3) is 83.5 Å². The number of benzene rings is 7. The van der Waals surface area contributed by atoms with E-state index in [0.717, 1.165) is 28.1 Å². The number of allylic oxidation sites excluding steroid dienone is 1. The van der Waals surface area contributed by atoms with Crippen molar-refractivity contribution in [2.24, 2.45) is 0 Å². The fourth-order valence-electron chi connectivity index (χ4n) is 7.63. The van der Waals surface area contributed by atoms with E-state index in [4.69, 9.17) is 6.42 Å². The van der Waals surface area contributed by atoms with Crippen molar-refractivity contribution in [3.63, 3.8) is 0 Å². The van der Waals surface area contributed by atoms with E-state index in [1.165, 1.54) is 60.6 Å². The van der Waals surface area contributed by atoms with Crippen molar-refractivity contribution >= 4 is 38.8 Å². The molecule has 0 atom stereocenters. The minimum atomic E-state index is 1.07. The number of aromatic nitrogens is 2. The largest absolute Gasteiger partial charge is 0.308 e. The third-order valence-electron chi connectivity index (χ3n) is 10.0. The standard InChI is InChI=1S/C49H34N2/c1-3-4-23-46-34(2)43-29-30-45-44-22-14-15-24-47(44)51(41-20-12-7-13-21-41)49(45)48(43)50(46)42-27-25-37(26-28-42)40-32-38(35-16-8-5-9-17-35)31-39(33-40)36-18-10-6-11-19-36/h1,4-33H,2H3/b23-4-. The van der Waals surface area contributed by atoms with Crippen LogP contribution in [0.1, 0.15) is 11.3 Å². The molecule has 0 aliphatic carbocycles. The van der Waals surface area contributed by atoms with Gasteiger partial charge in [0.2, 0.25) is 0 Å². The number of para-hydroxylation sites is 2. The molecular weight excluding hydrogens is 617 g/mol. The zero-order valence-corrected chi connectivity index (χ0v) is 28.3. The predicted octanol–water partition coefficient (Wildman–Crippen LogP) is 12.7. The van der Waals surface area contributed by atoms with Gasteiger partial charge in [-0.25, -0.2) is 0 Å². The van der Waals surface area contributed by atoms with Crippen molar-refractivity contribution in [1.82, 2.24) is 9.13 Å². The maximum atomic E-state index is 5.79. The van der Waals surface area contributed by atoms with E-state index in [1.807, 2.05) is 0 Å². The lowest BCUT2D eigenvalue weighted by Gasteiger charge is -2.15. The van der Waals surface area contributed by atoms with E-state index in [2.05, 4.69) is 198 Å². The Morgan fingerprint density at radius 1 is 0.451 bits per heavy atom. The quantitative estimate of drug-likeness (QED) is 0.159. The summed E-state index contributed by atoms with van der Waals surface area (Å²) in [6, 6.07) is 61.0. The Kier molecular flexibility index (Phi) is 7.46. The molecule has 0 radical (unpaired) electrons. The van der Waals surface area contributed by atoms with Gasteiger partial charge in [0.1, 0.15) is 0 Å². The number of hydrogen-bond acceptors (Lipinski definition) is 0. The molecule has 2 nitrogen and oxygen atoms in total. The summed E-state index contributed by atoms with van der Waals surface area (Å²) in [5, 5.41) is 3.65. The predicted molar refractivity (Wildman–Crippen MR) is 217 cm³/mol. The van der Waals surface area contributed by atoms with Crippen LogP contribution in [0.2, 0.25) is 0 Å². The van der Waals surface area contributed by atoms with E-state index in [1.54, 1.807) is 6.08 Å². The SMILES string of the molecule is C#C/C=C\c1c(C)c2ccc3c4ccccc4n(-c4ccccc4)c3c2n1-c1ccc(-c2cc(-c3ccccc3)cc(-c3ccccc3)c2)cc1. The Bertz CT molecular complexity index is 2720. The summed E-state index contributed by atoms with van der Waals surface area (Å²) in [6.07, 6.45) is 9.66. The zero-order chi connectivity index (χ0) is 34.3. The molecule has 240 valence electrons. The summed E-state index contributed by atoms with van der Waals surface area (Å²) in [4.78, 5) is 0. The molecule has 0 fully saturated rings. The fraction of sp³-hybridized carbons (Fsp3) is 0.0204. The highest BCUT2D eigenvalue weighted by molar-refractivity contribution is 6.19. The van der Waals surface area contributed by atoms with Gasteiger partial charge in [0.05, 0.1) is 22.2 Å². The van der Waals surface area contributed by atoms with Crippen LogP contribution in [0.5, 0.6) is 0 Å². The molecule has 2 heteroatoms. The molecule has 0 spiro atoms. The van der Waals surface area contributed by atoms with Gasteiger partial charge in [-0.15, -0.1) is 6.42 Å². The van der Waals surface area contributed by atoms with E-state index < -0.39 is 0 Å². The highest BCUT2D eigenvalue weighted by Crippen LogP contribution is 2.41. The molecule has 0 bridgehead atoms. The normalized spacial score (nSPS) is 11.5. The van der Waals surface area contributed by atoms with E-state index in [9.17, 15) is 0 Å². The number of hydrogen-bond donors (Lipinski definition) is 0. The molecule has 0 N–H and O–H groups in total. The maximum absolute atomic E-state index is 5.79. The average Bonchev–Trinajstić information content (AvgIpc) is 3.69. The minimum Gasteiger partial charge on any atom is -0.308 e. The summed E-state index contributed by atoms with van der Waals surface area (Å²) in [6.45, 7) is 2.20. The van der Waals surface area contributed by atoms with Crippen LogP contribution in [0, 0.1) is 19.3 Å². The smallest absolute Gasteiger partial charge is 0.0788 e. The van der Waals surface area contributed by atoms with Gasteiger partial charge in [0.25, 0.3) is 0 Å². The lowest BCUT2D eigenvalue weighted by molar-refractivity contribution is 1.09. The van der Waals surface area contributed by atoms with Crippen LogP contribution in [-0.2, 0) is 0 Å². The van der Waals surface area contributed by atoms with Crippen LogP contribution in [0.4, 0.5) is 0 Å². The molecular formula is C49H34N2. The number of fused-ring (bicyclic) bond motifs is 5. The second kappa shape index (κ2) is 12.6. The third-order valence-corrected chi connectivity index (χ3v) is 10.0. The summed E-state index contributed by atoms with van der Waals surface area (Å²) >= 11 is 0. The molecule has 51 heavy (non-hydrogen) atoms. The Hall–Kier alpha value is -6.82. The van der Waals surface area contributed by atoms with Crippen LogP contribution >= 0.6 is 0 Å². The molecule has 9 rings (SSSR count). The molecule has 0 saturated heterocycles. The molecule has 0 amide bonds. The van der Waals surface area contributed by atoms with Gasteiger partial charge in [-0.05, 0) is 107 Å². The molecule has 7 aromatic carbocycles. The second-order valence-electron chi connectivity index (χ2n) is 13.0. The van der Waals surface area contributed by atoms with Gasteiger partial charge in [-0.1, -0.05) is 127 Å². The first-order valence-corrected chi connectivity index (χ1v) is 17.3. The number of rotatable bonds is 6. The Labute approximate surface area is 298 Å². The van der Waals surface area contributed by atoms with Crippen LogP contribution in [0.15, 0.2) is 176 Å². The van der Waals surface area contributed by atoms with Crippen molar-refractivity contribution in [2.75, 3.05) is 0 Å². The van der Waals surface area contributed by atoms with Gasteiger partial charge >= 0.3 is 0 Å². The Morgan fingerprint density at radius 2 is 0.941 bits per heavy atom. The van der Waals surface area contributed by atoms with Crippen molar-refractivity contribution in [1.29, 1.82) is 0 Å². The van der Waals surface area contributed by atoms with Crippen molar-refractivity contribution in [3.05, 3.63) is 187 Å². The molecule has 0 unspecified atom stereocenters. The van der Waals surface area contributed by atoms with Gasteiger partial charge in [0, 0.05) is 27.5 Å². The summed E-state index contributed by atoms with van der Waals surface area (Å²) < 4.78 is 4.80. The van der Waals surface area contributed by atoms with Gasteiger partial charge in [-0.2, -0.15) is 0 Å².